The minimum Gasteiger partial charge on any atom is -0.394 e. The van der Waals surface area contributed by atoms with Crippen molar-refractivity contribution in [2.24, 2.45) is 0 Å². The van der Waals surface area contributed by atoms with Crippen LogP contribution in [0.4, 0.5) is 5.69 Å². The average Bonchev–Trinajstić information content (AvgIpc) is 2.15. The van der Waals surface area contributed by atoms with Crippen LogP contribution in [0.2, 0.25) is 5.15 Å². The third-order valence-electron chi connectivity index (χ3n) is 2.04. The van der Waals surface area contributed by atoms with Crippen molar-refractivity contribution in [3.63, 3.8) is 0 Å². The largest absolute Gasteiger partial charge is 0.394 e. The lowest BCUT2D eigenvalue weighted by Crippen LogP contribution is -2.31. The molecular formula is C9H13ClN2O. The van der Waals surface area contributed by atoms with Crippen LogP contribution in [0.3, 0.4) is 0 Å². The third kappa shape index (κ3) is 2.57. The Morgan fingerprint density at radius 2 is 2.38 bits per heavy atom. The lowest BCUT2D eigenvalue weighted by molar-refractivity contribution is 0.270. The molecule has 1 unspecified atom stereocenters. The van der Waals surface area contributed by atoms with E-state index >= 15 is 0 Å². The summed E-state index contributed by atoms with van der Waals surface area (Å²) in [6.45, 7) is 2.06. The zero-order valence-corrected chi connectivity index (χ0v) is 8.49. The molecule has 13 heavy (non-hydrogen) atoms. The van der Waals surface area contributed by atoms with Crippen molar-refractivity contribution in [1.82, 2.24) is 4.98 Å². The van der Waals surface area contributed by atoms with Crippen LogP contribution in [0, 0.1) is 0 Å². The summed E-state index contributed by atoms with van der Waals surface area (Å²) in [4.78, 5) is 5.84. The van der Waals surface area contributed by atoms with Crippen LogP contribution in [-0.2, 0) is 0 Å². The molecule has 1 atom stereocenters. The van der Waals surface area contributed by atoms with Gasteiger partial charge in [0.2, 0.25) is 0 Å². The Balaban J connectivity index is 2.82. The summed E-state index contributed by atoms with van der Waals surface area (Å²) in [5.74, 6) is 0. The zero-order valence-electron chi connectivity index (χ0n) is 7.74. The topological polar surface area (TPSA) is 36.4 Å². The monoisotopic (exact) mass is 200 g/mol. The van der Waals surface area contributed by atoms with Crippen molar-refractivity contribution < 1.29 is 5.11 Å². The van der Waals surface area contributed by atoms with Crippen LogP contribution in [0.1, 0.15) is 6.92 Å². The number of hydrogen-bond acceptors (Lipinski definition) is 3. The van der Waals surface area contributed by atoms with Gasteiger partial charge in [0.25, 0.3) is 0 Å². The molecule has 1 rings (SSSR count). The lowest BCUT2D eigenvalue weighted by Gasteiger charge is -2.25. The number of nitrogens with zero attached hydrogens (tertiary/aromatic N) is 2. The van der Waals surface area contributed by atoms with Gasteiger partial charge in [0.05, 0.1) is 6.61 Å². The van der Waals surface area contributed by atoms with E-state index in [1.54, 1.807) is 12.3 Å². The number of hydrogen-bond donors (Lipinski definition) is 1. The van der Waals surface area contributed by atoms with Gasteiger partial charge in [0.1, 0.15) is 5.15 Å². The maximum atomic E-state index is 8.95. The fourth-order valence-corrected chi connectivity index (χ4v) is 1.16. The number of aliphatic hydroxyl groups is 1. The van der Waals surface area contributed by atoms with Crippen LogP contribution in [0.5, 0.6) is 0 Å². The minimum atomic E-state index is 0.0819. The first-order chi connectivity index (χ1) is 6.15. The molecule has 0 aliphatic heterocycles. The molecule has 1 N–H and O–H groups in total. The molecule has 72 valence electrons. The Morgan fingerprint density at radius 1 is 1.69 bits per heavy atom. The summed E-state index contributed by atoms with van der Waals surface area (Å²) >= 11 is 5.74. The fourth-order valence-electron chi connectivity index (χ4n) is 0.989. The van der Waals surface area contributed by atoms with E-state index in [1.807, 2.05) is 24.9 Å². The summed E-state index contributed by atoms with van der Waals surface area (Å²) in [6, 6.07) is 3.71. The first-order valence-corrected chi connectivity index (χ1v) is 4.48. The van der Waals surface area contributed by atoms with Crippen LogP contribution in [-0.4, -0.2) is 29.8 Å². The van der Waals surface area contributed by atoms with E-state index in [1.165, 1.54) is 0 Å². The molecular weight excluding hydrogens is 188 g/mol. The van der Waals surface area contributed by atoms with Gasteiger partial charge in [-0.2, -0.15) is 0 Å². The Labute approximate surface area is 83.0 Å². The summed E-state index contributed by atoms with van der Waals surface area (Å²) in [6.07, 6.45) is 1.65. The molecule has 1 heterocycles. The molecule has 0 aliphatic rings. The average molecular weight is 201 g/mol. The highest BCUT2D eigenvalue weighted by Gasteiger charge is 2.08. The van der Waals surface area contributed by atoms with E-state index in [4.69, 9.17) is 16.7 Å². The van der Waals surface area contributed by atoms with Crippen LogP contribution in [0.15, 0.2) is 18.3 Å². The fraction of sp³-hybridized carbons (Fsp3) is 0.444. The predicted octanol–water partition coefficient (Wildman–Crippen LogP) is 1.55. The highest BCUT2D eigenvalue weighted by atomic mass is 35.5. The maximum Gasteiger partial charge on any atom is 0.131 e. The molecule has 0 fully saturated rings. The second-order valence-electron chi connectivity index (χ2n) is 2.98. The summed E-state index contributed by atoms with van der Waals surface area (Å²) in [5, 5.41) is 9.41. The highest BCUT2D eigenvalue weighted by molar-refractivity contribution is 6.29. The van der Waals surface area contributed by atoms with Crippen molar-refractivity contribution in [2.45, 2.75) is 13.0 Å². The second kappa shape index (κ2) is 4.44. The Morgan fingerprint density at radius 3 is 2.92 bits per heavy atom. The summed E-state index contributed by atoms with van der Waals surface area (Å²) in [5.41, 5.74) is 0.960. The molecule has 0 amide bonds. The van der Waals surface area contributed by atoms with E-state index in [0.29, 0.717) is 5.15 Å². The second-order valence-corrected chi connectivity index (χ2v) is 3.37. The number of halogens is 1. The summed E-state index contributed by atoms with van der Waals surface area (Å²) < 4.78 is 0. The van der Waals surface area contributed by atoms with E-state index in [2.05, 4.69) is 4.98 Å². The van der Waals surface area contributed by atoms with Crippen molar-refractivity contribution in [1.29, 1.82) is 0 Å². The van der Waals surface area contributed by atoms with Crippen LogP contribution in [0.25, 0.3) is 0 Å². The molecule has 0 saturated heterocycles. The van der Waals surface area contributed by atoms with Crippen LogP contribution >= 0.6 is 11.6 Å². The molecule has 4 heteroatoms. The maximum absolute atomic E-state index is 8.95. The van der Waals surface area contributed by atoms with Gasteiger partial charge in [-0.3, -0.25) is 0 Å². The third-order valence-corrected chi connectivity index (χ3v) is 2.25. The normalized spacial score (nSPS) is 12.6. The lowest BCUT2D eigenvalue weighted by atomic mass is 10.3. The van der Waals surface area contributed by atoms with Crippen molar-refractivity contribution >= 4 is 17.3 Å². The predicted molar refractivity (Wildman–Crippen MR) is 54.2 cm³/mol. The molecule has 0 radical (unpaired) electrons. The molecule has 0 aromatic carbocycles. The van der Waals surface area contributed by atoms with Crippen molar-refractivity contribution in [3.05, 3.63) is 23.5 Å². The zero-order chi connectivity index (χ0) is 9.84. The van der Waals surface area contributed by atoms with Gasteiger partial charge in [0.15, 0.2) is 0 Å². The first-order valence-electron chi connectivity index (χ1n) is 4.10. The smallest absolute Gasteiger partial charge is 0.131 e. The van der Waals surface area contributed by atoms with Crippen molar-refractivity contribution in [2.75, 3.05) is 18.6 Å². The number of anilines is 1. The van der Waals surface area contributed by atoms with Gasteiger partial charge in [-0.05, 0) is 19.1 Å². The van der Waals surface area contributed by atoms with Gasteiger partial charge in [-0.25, -0.2) is 4.98 Å². The summed E-state index contributed by atoms with van der Waals surface area (Å²) in [7, 11) is 1.91. The standard InChI is InChI=1S/C9H13ClN2O/c1-7(6-13)12(2)8-3-4-11-9(10)5-8/h3-5,7,13H,6H2,1-2H3. The first kappa shape index (κ1) is 10.3. The Hall–Kier alpha value is -0.800. The number of pyridine rings is 1. The van der Waals surface area contributed by atoms with E-state index < -0.39 is 0 Å². The molecule has 3 nitrogen and oxygen atoms in total. The van der Waals surface area contributed by atoms with E-state index in [9.17, 15) is 0 Å². The van der Waals surface area contributed by atoms with Gasteiger partial charge in [0, 0.05) is 25.0 Å². The highest BCUT2D eigenvalue weighted by Crippen LogP contribution is 2.17. The molecule has 0 spiro atoms. The van der Waals surface area contributed by atoms with Crippen LogP contribution < -0.4 is 4.90 Å². The minimum absolute atomic E-state index is 0.0819. The Bertz CT molecular complexity index is 280. The quantitative estimate of drug-likeness (QED) is 0.753. The number of rotatable bonds is 3. The number of aromatic nitrogens is 1. The SMILES string of the molecule is CC(CO)N(C)c1ccnc(Cl)c1. The van der Waals surface area contributed by atoms with Gasteiger partial charge in [-0.15, -0.1) is 0 Å². The molecule has 1 aromatic heterocycles. The molecule has 0 aliphatic carbocycles. The van der Waals surface area contributed by atoms with Gasteiger partial charge in [-0.1, -0.05) is 11.6 Å². The van der Waals surface area contributed by atoms with E-state index in [-0.39, 0.29) is 12.6 Å². The van der Waals surface area contributed by atoms with Crippen molar-refractivity contribution in [3.8, 4) is 0 Å². The van der Waals surface area contributed by atoms with Gasteiger partial charge >= 0.3 is 0 Å². The Kier molecular flexibility index (Phi) is 3.51. The molecule has 0 bridgehead atoms. The molecule has 1 aromatic rings. The number of aliphatic hydroxyl groups excluding tert-OH is 1. The van der Waals surface area contributed by atoms with Gasteiger partial charge < -0.3 is 10.0 Å². The van der Waals surface area contributed by atoms with E-state index in [0.717, 1.165) is 5.69 Å². The number of likely N-dealkylation sites (N-methyl/N-ethyl adjacent to an activating group) is 1. The molecule has 0 saturated carbocycles.